The Labute approximate surface area is 183 Å². The van der Waals surface area contributed by atoms with E-state index in [9.17, 15) is 4.79 Å². The molecule has 29 heavy (non-hydrogen) atoms. The maximum absolute atomic E-state index is 12.7. The number of nitrogens with zero attached hydrogens (tertiary/aromatic N) is 2. The number of aromatic nitrogens is 2. The molecule has 4 rings (SSSR count). The third-order valence-corrected chi connectivity index (χ3v) is 7.69. The number of carbonyl (C=O) groups is 1. The Balaban J connectivity index is 1.53. The molecular weight excluding hydrogens is 426 g/mol. The quantitative estimate of drug-likeness (QED) is 0.407. The number of hydrogen-bond donors (Lipinski definition) is 1. The lowest BCUT2D eigenvalue weighted by atomic mass is 9.89. The summed E-state index contributed by atoms with van der Waals surface area (Å²) in [6.45, 7) is 4.19. The molecule has 1 aliphatic carbocycles. The first-order chi connectivity index (χ1) is 14.0. The van der Waals surface area contributed by atoms with E-state index < -0.39 is 0 Å². The van der Waals surface area contributed by atoms with Gasteiger partial charge in [-0.1, -0.05) is 30.3 Å². The molecule has 2 heterocycles. The van der Waals surface area contributed by atoms with Gasteiger partial charge in [-0.05, 0) is 55.9 Å². The van der Waals surface area contributed by atoms with Crippen molar-refractivity contribution in [1.29, 1.82) is 0 Å². The second-order valence-electron chi connectivity index (χ2n) is 7.31. The van der Waals surface area contributed by atoms with Crippen LogP contribution in [0.25, 0.3) is 10.2 Å². The van der Waals surface area contributed by atoms with Crippen LogP contribution in [0.5, 0.6) is 5.75 Å². The second kappa shape index (κ2) is 8.50. The van der Waals surface area contributed by atoms with E-state index in [1.54, 1.807) is 43.0 Å². The summed E-state index contributed by atoms with van der Waals surface area (Å²) in [5.74, 6) is 1.19. The SMILES string of the molecule is COc1ccc(NC(=O)C(C)Sc2ncnc3sc4c(c23)CCC(C)C4)cc1Cl. The number of rotatable bonds is 5. The maximum atomic E-state index is 12.7. The average Bonchev–Trinajstić information content (AvgIpc) is 3.06. The van der Waals surface area contributed by atoms with Gasteiger partial charge in [-0.2, -0.15) is 0 Å². The second-order valence-corrected chi connectivity index (χ2v) is 10.1. The predicted molar refractivity (Wildman–Crippen MR) is 121 cm³/mol. The fraction of sp³-hybridized carbons (Fsp3) is 0.381. The highest BCUT2D eigenvalue weighted by Gasteiger charge is 2.25. The van der Waals surface area contributed by atoms with Crippen molar-refractivity contribution in [3.8, 4) is 5.75 Å². The van der Waals surface area contributed by atoms with E-state index in [1.165, 1.54) is 28.6 Å². The van der Waals surface area contributed by atoms with Crippen LogP contribution in [-0.4, -0.2) is 28.2 Å². The minimum atomic E-state index is -0.313. The summed E-state index contributed by atoms with van der Waals surface area (Å²) in [7, 11) is 1.56. The molecule has 2 aromatic heterocycles. The summed E-state index contributed by atoms with van der Waals surface area (Å²) < 4.78 is 5.15. The number of halogens is 1. The minimum absolute atomic E-state index is 0.0966. The van der Waals surface area contributed by atoms with Crippen molar-refractivity contribution in [2.45, 2.75) is 43.4 Å². The van der Waals surface area contributed by atoms with Crippen molar-refractivity contribution in [2.75, 3.05) is 12.4 Å². The number of carbonyl (C=O) groups excluding carboxylic acids is 1. The van der Waals surface area contributed by atoms with Crippen LogP contribution in [-0.2, 0) is 17.6 Å². The molecule has 0 saturated carbocycles. The Hall–Kier alpha value is -1.83. The number of methoxy groups -OCH3 is 1. The van der Waals surface area contributed by atoms with E-state index in [4.69, 9.17) is 16.3 Å². The zero-order chi connectivity index (χ0) is 20.5. The molecule has 0 bridgehead atoms. The van der Waals surface area contributed by atoms with Crippen LogP contribution in [0.1, 0.15) is 30.7 Å². The molecule has 1 N–H and O–H groups in total. The molecule has 1 aliphatic rings. The largest absolute Gasteiger partial charge is 0.495 e. The first-order valence-electron chi connectivity index (χ1n) is 9.52. The van der Waals surface area contributed by atoms with Gasteiger partial charge < -0.3 is 10.1 Å². The fourth-order valence-corrected chi connectivity index (χ4v) is 6.16. The molecule has 8 heteroatoms. The Morgan fingerprint density at radius 3 is 3.00 bits per heavy atom. The van der Waals surface area contributed by atoms with Gasteiger partial charge in [-0.3, -0.25) is 4.79 Å². The van der Waals surface area contributed by atoms with Gasteiger partial charge in [0, 0.05) is 16.0 Å². The van der Waals surface area contributed by atoms with Crippen LogP contribution >= 0.6 is 34.7 Å². The van der Waals surface area contributed by atoms with E-state index >= 15 is 0 Å². The average molecular weight is 448 g/mol. The maximum Gasteiger partial charge on any atom is 0.237 e. The number of thiophene rings is 1. The zero-order valence-corrected chi connectivity index (χ0v) is 18.9. The predicted octanol–water partition coefficient (Wildman–Crippen LogP) is 5.60. The van der Waals surface area contributed by atoms with Gasteiger partial charge >= 0.3 is 0 Å². The molecule has 0 spiro atoms. The molecule has 0 aliphatic heterocycles. The third kappa shape index (κ3) is 4.22. The lowest BCUT2D eigenvalue weighted by Gasteiger charge is -2.18. The van der Waals surface area contributed by atoms with E-state index in [1.807, 2.05) is 6.92 Å². The molecule has 152 valence electrons. The molecule has 0 radical (unpaired) electrons. The highest BCUT2D eigenvalue weighted by Crippen LogP contribution is 2.41. The fourth-order valence-electron chi connectivity index (χ4n) is 3.54. The normalized spacial score (nSPS) is 17.0. The van der Waals surface area contributed by atoms with Gasteiger partial charge in [0.15, 0.2) is 0 Å². The number of aryl methyl sites for hydroxylation is 1. The molecule has 3 aromatic rings. The van der Waals surface area contributed by atoms with Gasteiger partial charge in [-0.15, -0.1) is 11.3 Å². The Kier molecular flexibility index (Phi) is 5.99. The van der Waals surface area contributed by atoms with Crippen molar-refractivity contribution >= 4 is 56.5 Å². The van der Waals surface area contributed by atoms with Crippen LogP contribution < -0.4 is 10.1 Å². The van der Waals surface area contributed by atoms with Crippen molar-refractivity contribution < 1.29 is 9.53 Å². The summed E-state index contributed by atoms with van der Waals surface area (Å²) in [5, 5.41) is 5.09. The van der Waals surface area contributed by atoms with Crippen molar-refractivity contribution in [2.24, 2.45) is 5.92 Å². The van der Waals surface area contributed by atoms with Crippen molar-refractivity contribution in [3.05, 3.63) is 40.0 Å². The number of hydrogen-bond acceptors (Lipinski definition) is 6. The van der Waals surface area contributed by atoms with E-state index in [-0.39, 0.29) is 11.2 Å². The lowest BCUT2D eigenvalue weighted by molar-refractivity contribution is -0.115. The van der Waals surface area contributed by atoms with Crippen LogP contribution in [0.3, 0.4) is 0 Å². The number of fused-ring (bicyclic) bond motifs is 3. The summed E-state index contributed by atoms with van der Waals surface area (Å²) in [5.41, 5.74) is 2.02. The number of nitrogens with one attached hydrogen (secondary N) is 1. The highest BCUT2D eigenvalue weighted by atomic mass is 35.5. The van der Waals surface area contributed by atoms with Gasteiger partial charge in [0.2, 0.25) is 5.91 Å². The molecule has 1 amide bonds. The van der Waals surface area contributed by atoms with Gasteiger partial charge in [0.1, 0.15) is 21.9 Å². The standard InChI is InChI=1S/C21H22ClN3O2S2/c1-11-4-6-14-17(8-11)29-21-18(14)20(23-10-24-21)28-12(2)19(26)25-13-5-7-16(27-3)15(22)9-13/h5,7,9-12H,4,6,8H2,1-3H3,(H,25,26). The number of anilines is 1. The smallest absolute Gasteiger partial charge is 0.237 e. The number of thioether (sulfide) groups is 1. The summed E-state index contributed by atoms with van der Waals surface area (Å²) >= 11 is 9.40. The van der Waals surface area contributed by atoms with Gasteiger partial charge in [0.25, 0.3) is 0 Å². The summed E-state index contributed by atoms with van der Waals surface area (Å²) in [4.78, 5) is 24.2. The molecular formula is C21H22ClN3O2S2. The molecule has 1 aromatic carbocycles. The number of amides is 1. The molecule has 2 unspecified atom stereocenters. The van der Waals surface area contributed by atoms with Crippen LogP contribution in [0.15, 0.2) is 29.6 Å². The first-order valence-corrected chi connectivity index (χ1v) is 11.6. The lowest BCUT2D eigenvalue weighted by Crippen LogP contribution is -2.22. The highest BCUT2D eigenvalue weighted by molar-refractivity contribution is 8.00. The molecule has 5 nitrogen and oxygen atoms in total. The first kappa shape index (κ1) is 20.4. The molecule has 2 atom stereocenters. The van der Waals surface area contributed by atoms with Crippen LogP contribution in [0.2, 0.25) is 5.02 Å². The Morgan fingerprint density at radius 2 is 2.24 bits per heavy atom. The molecule has 0 saturated heterocycles. The number of ether oxygens (including phenoxy) is 1. The minimum Gasteiger partial charge on any atom is -0.495 e. The van der Waals surface area contributed by atoms with E-state index in [0.717, 1.165) is 28.1 Å². The third-order valence-electron chi connectivity index (χ3n) is 5.13. The van der Waals surface area contributed by atoms with Crippen LogP contribution in [0.4, 0.5) is 5.69 Å². The Morgan fingerprint density at radius 1 is 1.41 bits per heavy atom. The van der Waals surface area contributed by atoms with Gasteiger partial charge in [-0.25, -0.2) is 9.97 Å². The summed E-state index contributed by atoms with van der Waals surface area (Å²) in [6.07, 6.45) is 4.95. The topological polar surface area (TPSA) is 64.1 Å². The van der Waals surface area contributed by atoms with Crippen LogP contribution in [0, 0.1) is 5.92 Å². The number of benzene rings is 1. The molecule has 0 fully saturated rings. The Bertz CT molecular complexity index is 1070. The monoisotopic (exact) mass is 447 g/mol. The summed E-state index contributed by atoms with van der Waals surface area (Å²) in [6, 6.07) is 5.21. The van der Waals surface area contributed by atoms with E-state index in [0.29, 0.717) is 22.4 Å². The van der Waals surface area contributed by atoms with E-state index in [2.05, 4.69) is 22.2 Å². The van der Waals surface area contributed by atoms with Gasteiger partial charge in [0.05, 0.1) is 17.4 Å². The van der Waals surface area contributed by atoms with Crippen molar-refractivity contribution in [1.82, 2.24) is 9.97 Å². The van der Waals surface area contributed by atoms with Crippen molar-refractivity contribution in [3.63, 3.8) is 0 Å². The zero-order valence-electron chi connectivity index (χ0n) is 16.5.